The molecule has 1 heterocycles. The first kappa shape index (κ1) is 15.2. The van der Waals surface area contributed by atoms with Gasteiger partial charge in [0.25, 0.3) is 5.91 Å². The van der Waals surface area contributed by atoms with Crippen molar-refractivity contribution in [2.24, 2.45) is 5.92 Å². The predicted octanol–water partition coefficient (Wildman–Crippen LogP) is 2.49. The molecule has 1 aliphatic rings. The van der Waals surface area contributed by atoms with Gasteiger partial charge in [0.05, 0.1) is 0 Å². The van der Waals surface area contributed by atoms with E-state index in [1.54, 1.807) is 6.07 Å². The summed E-state index contributed by atoms with van der Waals surface area (Å²) >= 11 is 0. The molecule has 0 atom stereocenters. The summed E-state index contributed by atoms with van der Waals surface area (Å²) < 4.78 is 0. The monoisotopic (exact) mass is 288 g/mol. The minimum Gasteiger partial charge on any atom is -0.478 e. The van der Waals surface area contributed by atoms with E-state index in [4.69, 9.17) is 5.11 Å². The van der Waals surface area contributed by atoms with Crippen molar-refractivity contribution in [3.63, 3.8) is 0 Å². The SMILES string of the molecule is CC1CCC(NC(=O)c2ccncc2/C=C/C(=O)O)CC1. The van der Waals surface area contributed by atoms with Crippen molar-refractivity contribution in [1.82, 2.24) is 10.3 Å². The average molecular weight is 288 g/mol. The van der Waals surface area contributed by atoms with Gasteiger partial charge in [-0.2, -0.15) is 0 Å². The summed E-state index contributed by atoms with van der Waals surface area (Å²) in [7, 11) is 0. The molecule has 2 rings (SSSR count). The fourth-order valence-corrected chi connectivity index (χ4v) is 2.57. The van der Waals surface area contributed by atoms with Crippen LogP contribution in [0.25, 0.3) is 6.08 Å². The van der Waals surface area contributed by atoms with Crippen molar-refractivity contribution in [3.05, 3.63) is 35.7 Å². The van der Waals surface area contributed by atoms with E-state index in [2.05, 4.69) is 17.2 Å². The Labute approximate surface area is 124 Å². The Morgan fingerprint density at radius 3 is 2.71 bits per heavy atom. The van der Waals surface area contributed by atoms with E-state index in [0.29, 0.717) is 11.1 Å². The van der Waals surface area contributed by atoms with Gasteiger partial charge >= 0.3 is 5.97 Å². The first-order chi connectivity index (χ1) is 10.1. The number of hydrogen-bond acceptors (Lipinski definition) is 3. The lowest BCUT2D eigenvalue weighted by atomic mass is 9.87. The molecule has 1 saturated carbocycles. The normalized spacial score (nSPS) is 22.1. The lowest BCUT2D eigenvalue weighted by Gasteiger charge is -2.27. The van der Waals surface area contributed by atoms with Gasteiger partial charge in [-0.15, -0.1) is 0 Å². The Hall–Kier alpha value is -2.17. The number of carboxylic acid groups (broad SMARTS) is 1. The van der Waals surface area contributed by atoms with E-state index >= 15 is 0 Å². The summed E-state index contributed by atoms with van der Waals surface area (Å²) in [6.45, 7) is 2.23. The first-order valence-corrected chi connectivity index (χ1v) is 7.22. The number of carbonyl (C=O) groups is 2. The van der Waals surface area contributed by atoms with Crippen molar-refractivity contribution in [2.45, 2.75) is 38.6 Å². The maximum Gasteiger partial charge on any atom is 0.328 e. The molecule has 2 N–H and O–H groups in total. The zero-order valence-corrected chi connectivity index (χ0v) is 12.1. The van der Waals surface area contributed by atoms with Crippen LogP contribution in [-0.4, -0.2) is 28.0 Å². The molecule has 1 amide bonds. The molecule has 0 aliphatic heterocycles. The first-order valence-electron chi connectivity index (χ1n) is 7.22. The van der Waals surface area contributed by atoms with Crippen LogP contribution in [0, 0.1) is 5.92 Å². The number of nitrogens with one attached hydrogen (secondary N) is 1. The van der Waals surface area contributed by atoms with E-state index in [-0.39, 0.29) is 11.9 Å². The molecule has 0 bridgehead atoms. The van der Waals surface area contributed by atoms with Crippen LogP contribution in [0.2, 0.25) is 0 Å². The number of amides is 1. The third-order valence-electron chi connectivity index (χ3n) is 3.85. The third kappa shape index (κ3) is 4.41. The smallest absolute Gasteiger partial charge is 0.328 e. The molecular weight excluding hydrogens is 268 g/mol. The molecule has 112 valence electrons. The van der Waals surface area contributed by atoms with Gasteiger partial charge in [0, 0.05) is 35.6 Å². The summed E-state index contributed by atoms with van der Waals surface area (Å²) in [5.74, 6) is -0.485. The number of hydrogen-bond donors (Lipinski definition) is 2. The number of carboxylic acids is 1. The van der Waals surface area contributed by atoms with Gasteiger partial charge in [-0.25, -0.2) is 4.79 Å². The Morgan fingerprint density at radius 1 is 1.33 bits per heavy atom. The third-order valence-corrected chi connectivity index (χ3v) is 3.85. The maximum atomic E-state index is 12.3. The average Bonchev–Trinajstić information content (AvgIpc) is 2.47. The molecule has 0 aromatic carbocycles. The van der Waals surface area contributed by atoms with E-state index in [0.717, 1.165) is 37.7 Å². The van der Waals surface area contributed by atoms with Crippen LogP contribution in [0.3, 0.4) is 0 Å². The van der Waals surface area contributed by atoms with Gasteiger partial charge in [-0.3, -0.25) is 9.78 Å². The van der Waals surface area contributed by atoms with Crippen LogP contribution in [0.5, 0.6) is 0 Å². The second kappa shape index (κ2) is 7.02. The summed E-state index contributed by atoms with van der Waals surface area (Å²) in [4.78, 5) is 26.9. The van der Waals surface area contributed by atoms with Gasteiger partial charge in [0.2, 0.25) is 0 Å². The van der Waals surface area contributed by atoms with Gasteiger partial charge < -0.3 is 10.4 Å². The summed E-state index contributed by atoms with van der Waals surface area (Å²) in [6.07, 6.45) is 9.70. The number of nitrogens with zero attached hydrogens (tertiary/aromatic N) is 1. The van der Waals surface area contributed by atoms with Crippen LogP contribution in [0.4, 0.5) is 0 Å². The van der Waals surface area contributed by atoms with Crippen molar-refractivity contribution in [1.29, 1.82) is 0 Å². The second-order valence-electron chi connectivity index (χ2n) is 5.56. The van der Waals surface area contributed by atoms with Crippen molar-refractivity contribution < 1.29 is 14.7 Å². The van der Waals surface area contributed by atoms with E-state index < -0.39 is 5.97 Å². The van der Waals surface area contributed by atoms with Crippen molar-refractivity contribution in [3.8, 4) is 0 Å². The number of aromatic nitrogens is 1. The standard InChI is InChI=1S/C16H20N2O3/c1-11-2-5-13(6-3-11)18-16(21)14-8-9-17-10-12(14)4-7-15(19)20/h4,7-11,13H,2-3,5-6H2,1H3,(H,18,21)(H,19,20)/b7-4+. The Kier molecular flexibility index (Phi) is 5.09. The lowest BCUT2D eigenvalue weighted by molar-refractivity contribution is -0.131. The minimum absolute atomic E-state index is 0.165. The van der Waals surface area contributed by atoms with E-state index in [1.807, 2.05) is 0 Å². The predicted molar refractivity (Wildman–Crippen MR) is 79.8 cm³/mol. The topological polar surface area (TPSA) is 79.3 Å². The largest absolute Gasteiger partial charge is 0.478 e. The Balaban J connectivity index is 2.07. The van der Waals surface area contributed by atoms with Crippen molar-refractivity contribution in [2.75, 3.05) is 0 Å². The molecule has 1 aliphatic carbocycles. The number of aliphatic carboxylic acids is 1. The highest BCUT2D eigenvalue weighted by molar-refractivity contribution is 5.98. The molecule has 0 unspecified atom stereocenters. The van der Waals surface area contributed by atoms with Crippen LogP contribution in [0.1, 0.15) is 48.5 Å². The van der Waals surface area contributed by atoms with E-state index in [9.17, 15) is 9.59 Å². The number of rotatable bonds is 4. The molecule has 1 aromatic heterocycles. The fraction of sp³-hybridized carbons (Fsp3) is 0.438. The van der Waals surface area contributed by atoms with Crippen LogP contribution >= 0.6 is 0 Å². The molecule has 21 heavy (non-hydrogen) atoms. The Bertz CT molecular complexity index is 546. The van der Waals surface area contributed by atoms with Gasteiger partial charge in [-0.05, 0) is 43.7 Å². The fourth-order valence-electron chi connectivity index (χ4n) is 2.57. The molecular formula is C16H20N2O3. The zero-order valence-electron chi connectivity index (χ0n) is 12.1. The van der Waals surface area contributed by atoms with Gasteiger partial charge in [-0.1, -0.05) is 6.92 Å². The van der Waals surface area contributed by atoms with Crippen LogP contribution < -0.4 is 5.32 Å². The summed E-state index contributed by atoms with van der Waals surface area (Å²) in [6, 6.07) is 1.82. The second-order valence-corrected chi connectivity index (χ2v) is 5.56. The van der Waals surface area contributed by atoms with Crippen molar-refractivity contribution >= 4 is 18.0 Å². The molecule has 1 fully saturated rings. The highest BCUT2D eigenvalue weighted by atomic mass is 16.4. The van der Waals surface area contributed by atoms with Crippen LogP contribution in [0.15, 0.2) is 24.5 Å². The number of pyridine rings is 1. The summed E-state index contributed by atoms with van der Waals surface area (Å²) in [5.41, 5.74) is 0.975. The summed E-state index contributed by atoms with van der Waals surface area (Å²) in [5, 5.41) is 11.7. The number of carbonyl (C=O) groups excluding carboxylic acids is 1. The maximum absolute atomic E-state index is 12.3. The van der Waals surface area contributed by atoms with Crippen LogP contribution in [-0.2, 0) is 4.79 Å². The zero-order chi connectivity index (χ0) is 15.2. The van der Waals surface area contributed by atoms with Gasteiger partial charge in [0.15, 0.2) is 0 Å². The van der Waals surface area contributed by atoms with E-state index in [1.165, 1.54) is 18.5 Å². The highest BCUT2D eigenvalue weighted by Crippen LogP contribution is 2.23. The highest BCUT2D eigenvalue weighted by Gasteiger charge is 2.21. The Morgan fingerprint density at radius 2 is 2.05 bits per heavy atom. The van der Waals surface area contributed by atoms with Gasteiger partial charge in [0.1, 0.15) is 0 Å². The molecule has 0 radical (unpaired) electrons. The molecule has 0 saturated heterocycles. The molecule has 5 heteroatoms. The molecule has 5 nitrogen and oxygen atoms in total. The lowest BCUT2D eigenvalue weighted by Crippen LogP contribution is -2.37. The minimum atomic E-state index is -1.05. The molecule has 1 aromatic rings. The quantitative estimate of drug-likeness (QED) is 0.834. The molecule has 0 spiro atoms.